The van der Waals surface area contributed by atoms with Gasteiger partial charge in [0.05, 0.1) is 0 Å². The van der Waals surface area contributed by atoms with E-state index in [4.69, 9.17) is 11.6 Å². The van der Waals surface area contributed by atoms with Crippen molar-refractivity contribution in [3.63, 3.8) is 0 Å². The lowest BCUT2D eigenvalue weighted by Gasteiger charge is -2.01. The number of hydrogen-bond donors (Lipinski definition) is 1. The molecular weight excluding hydrogens is 246 g/mol. The molecule has 2 aromatic rings. The van der Waals surface area contributed by atoms with E-state index in [-0.39, 0.29) is 0 Å². The summed E-state index contributed by atoms with van der Waals surface area (Å²) in [5.74, 6) is 2.48. The summed E-state index contributed by atoms with van der Waals surface area (Å²) < 4.78 is 0. The lowest BCUT2D eigenvalue weighted by Crippen LogP contribution is -1.95. The monoisotopic (exact) mass is 261 g/mol. The van der Waals surface area contributed by atoms with Crippen molar-refractivity contribution >= 4 is 11.6 Å². The Morgan fingerprint density at radius 3 is 2.89 bits per heavy atom. The number of hydrogen-bond acceptors (Lipinski definition) is 2. The van der Waals surface area contributed by atoms with E-state index in [1.807, 2.05) is 18.2 Å². The average molecular weight is 262 g/mol. The number of benzene rings is 1. The van der Waals surface area contributed by atoms with E-state index in [0.29, 0.717) is 5.92 Å². The van der Waals surface area contributed by atoms with Gasteiger partial charge in [-0.3, -0.25) is 5.10 Å². The average Bonchev–Trinajstić information content (AvgIpc) is 2.98. The zero-order valence-electron chi connectivity index (χ0n) is 10.2. The molecule has 1 heterocycles. The highest BCUT2D eigenvalue weighted by molar-refractivity contribution is 6.30. The van der Waals surface area contributed by atoms with Crippen molar-refractivity contribution in [3.05, 3.63) is 46.5 Å². The van der Waals surface area contributed by atoms with Crippen LogP contribution in [0.1, 0.15) is 48.8 Å². The van der Waals surface area contributed by atoms with Gasteiger partial charge in [0.2, 0.25) is 0 Å². The number of rotatable bonds is 3. The molecule has 0 atom stereocenters. The first-order valence-electron chi connectivity index (χ1n) is 6.47. The second kappa shape index (κ2) is 5.11. The van der Waals surface area contributed by atoms with Gasteiger partial charge in [-0.05, 0) is 30.5 Å². The summed E-state index contributed by atoms with van der Waals surface area (Å²) in [6, 6.07) is 7.88. The molecule has 0 unspecified atom stereocenters. The van der Waals surface area contributed by atoms with Gasteiger partial charge in [-0.25, -0.2) is 4.98 Å². The van der Waals surface area contributed by atoms with Gasteiger partial charge in [0, 0.05) is 17.4 Å². The van der Waals surface area contributed by atoms with Crippen LogP contribution in [0.3, 0.4) is 0 Å². The lowest BCUT2D eigenvalue weighted by atomic mass is 10.1. The van der Waals surface area contributed by atoms with Crippen molar-refractivity contribution in [2.24, 2.45) is 0 Å². The fourth-order valence-corrected chi connectivity index (χ4v) is 2.81. The maximum atomic E-state index is 5.97. The van der Waals surface area contributed by atoms with Gasteiger partial charge >= 0.3 is 0 Å². The molecule has 1 saturated carbocycles. The van der Waals surface area contributed by atoms with E-state index in [1.54, 1.807) is 0 Å². The molecule has 1 N–H and O–H groups in total. The number of halogens is 1. The summed E-state index contributed by atoms with van der Waals surface area (Å²) in [5.41, 5.74) is 1.16. The molecule has 0 spiro atoms. The Morgan fingerprint density at radius 1 is 1.28 bits per heavy atom. The SMILES string of the molecule is Clc1cccc(Cc2nc(C3CCCC3)n[nH]2)c1. The molecule has 18 heavy (non-hydrogen) atoms. The van der Waals surface area contributed by atoms with Crippen molar-refractivity contribution in [2.75, 3.05) is 0 Å². The van der Waals surface area contributed by atoms with Gasteiger partial charge in [-0.1, -0.05) is 36.6 Å². The van der Waals surface area contributed by atoms with E-state index < -0.39 is 0 Å². The number of H-pyrrole nitrogens is 1. The van der Waals surface area contributed by atoms with Gasteiger partial charge < -0.3 is 0 Å². The molecule has 1 aromatic heterocycles. The highest BCUT2D eigenvalue weighted by Gasteiger charge is 2.21. The Kier molecular flexibility index (Phi) is 3.33. The molecule has 3 rings (SSSR count). The standard InChI is InChI=1S/C14H16ClN3/c15-12-7-3-4-10(8-12)9-13-16-14(18-17-13)11-5-1-2-6-11/h3-4,7-8,11H,1-2,5-6,9H2,(H,16,17,18). The summed E-state index contributed by atoms with van der Waals surface area (Å²) >= 11 is 5.97. The van der Waals surface area contributed by atoms with Crippen LogP contribution in [0.25, 0.3) is 0 Å². The molecular formula is C14H16ClN3. The fourth-order valence-electron chi connectivity index (χ4n) is 2.60. The minimum atomic E-state index is 0.564. The van der Waals surface area contributed by atoms with Crippen LogP contribution in [0.4, 0.5) is 0 Å². The molecule has 4 heteroatoms. The molecule has 0 aliphatic heterocycles. The Hall–Kier alpha value is -1.35. The van der Waals surface area contributed by atoms with Gasteiger partial charge in [-0.2, -0.15) is 5.10 Å². The normalized spacial score (nSPS) is 16.3. The molecule has 1 aromatic carbocycles. The molecule has 1 aliphatic rings. The number of aromatic amines is 1. The van der Waals surface area contributed by atoms with Crippen LogP contribution in [-0.4, -0.2) is 15.2 Å². The van der Waals surface area contributed by atoms with Crippen LogP contribution >= 0.6 is 11.6 Å². The van der Waals surface area contributed by atoms with Crippen LogP contribution in [-0.2, 0) is 6.42 Å². The van der Waals surface area contributed by atoms with Gasteiger partial charge in [0.1, 0.15) is 5.82 Å². The predicted octanol–water partition coefficient (Wildman–Crippen LogP) is 3.71. The summed E-state index contributed by atoms with van der Waals surface area (Å²) in [4.78, 5) is 4.61. The molecule has 0 radical (unpaired) electrons. The third-order valence-electron chi connectivity index (χ3n) is 3.53. The van der Waals surface area contributed by atoms with Crippen LogP contribution in [0.2, 0.25) is 5.02 Å². The minimum absolute atomic E-state index is 0.564. The molecule has 0 bridgehead atoms. The van der Waals surface area contributed by atoms with Crippen molar-refractivity contribution in [1.82, 2.24) is 15.2 Å². The first-order valence-corrected chi connectivity index (χ1v) is 6.85. The molecule has 1 fully saturated rings. The van der Waals surface area contributed by atoms with Gasteiger partial charge in [0.15, 0.2) is 5.82 Å². The van der Waals surface area contributed by atoms with Crippen molar-refractivity contribution < 1.29 is 0 Å². The zero-order valence-corrected chi connectivity index (χ0v) is 11.0. The third-order valence-corrected chi connectivity index (χ3v) is 3.77. The smallest absolute Gasteiger partial charge is 0.153 e. The van der Waals surface area contributed by atoms with Gasteiger partial charge in [-0.15, -0.1) is 0 Å². The van der Waals surface area contributed by atoms with Crippen LogP contribution in [0.5, 0.6) is 0 Å². The first-order chi connectivity index (χ1) is 8.81. The number of nitrogens with one attached hydrogen (secondary N) is 1. The fraction of sp³-hybridized carbons (Fsp3) is 0.429. The van der Waals surface area contributed by atoms with E-state index >= 15 is 0 Å². The second-order valence-corrected chi connectivity index (χ2v) is 5.36. The molecule has 3 nitrogen and oxygen atoms in total. The Bertz CT molecular complexity index is 529. The van der Waals surface area contributed by atoms with Crippen LogP contribution in [0.15, 0.2) is 24.3 Å². The third kappa shape index (κ3) is 2.56. The van der Waals surface area contributed by atoms with Crippen molar-refractivity contribution in [1.29, 1.82) is 0 Å². The first kappa shape index (κ1) is 11.7. The molecule has 1 aliphatic carbocycles. The molecule has 0 amide bonds. The van der Waals surface area contributed by atoms with Crippen molar-refractivity contribution in [2.45, 2.75) is 38.0 Å². The number of aromatic nitrogens is 3. The highest BCUT2D eigenvalue weighted by atomic mass is 35.5. The van der Waals surface area contributed by atoms with E-state index in [2.05, 4.69) is 21.2 Å². The van der Waals surface area contributed by atoms with Gasteiger partial charge in [0.25, 0.3) is 0 Å². The molecule has 94 valence electrons. The minimum Gasteiger partial charge on any atom is -0.263 e. The van der Waals surface area contributed by atoms with Crippen LogP contribution < -0.4 is 0 Å². The highest BCUT2D eigenvalue weighted by Crippen LogP contribution is 2.31. The van der Waals surface area contributed by atoms with E-state index in [9.17, 15) is 0 Å². The zero-order chi connectivity index (χ0) is 12.4. The van der Waals surface area contributed by atoms with E-state index in [0.717, 1.165) is 28.7 Å². The maximum absolute atomic E-state index is 5.97. The lowest BCUT2D eigenvalue weighted by molar-refractivity contribution is 0.671. The summed E-state index contributed by atoms with van der Waals surface area (Å²) in [6.07, 6.45) is 5.84. The summed E-state index contributed by atoms with van der Waals surface area (Å²) in [6.45, 7) is 0. The quantitative estimate of drug-likeness (QED) is 0.915. The maximum Gasteiger partial charge on any atom is 0.153 e. The Morgan fingerprint density at radius 2 is 2.11 bits per heavy atom. The van der Waals surface area contributed by atoms with Crippen molar-refractivity contribution in [3.8, 4) is 0 Å². The number of nitrogens with zero attached hydrogens (tertiary/aromatic N) is 2. The Balaban J connectivity index is 1.73. The molecule has 0 saturated heterocycles. The second-order valence-electron chi connectivity index (χ2n) is 4.93. The summed E-state index contributed by atoms with van der Waals surface area (Å²) in [7, 11) is 0. The predicted molar refractivity (Wildman–Crippen MR) is 71.8 cm³/mol. The van der Waals surface area contributed by atoms with E-state index in [1.165, 1.54) is 25.7 Å². The summed E-state index contributed by atoms with van der Waals surface area (Å²) in [5, 5.41) is 8.16. The topological polar surface area (TPSA) is 41.6 Å². The van der Waals surface area contributed by atoms with Crippen LogP contribution in [0, 0.1) is 0 Å². The Labute approximate surface area is 112 Å². The largest absolute Gasteiger partial charge is 0.263 e.